The SMILES string of the molecule is COc1cncc(C(CCc2ccccn2)NN)c1. The summed E-state index contributed by atoms with van der Waals surface area (Å²) >= 11 is 0. The molecule has 0 aliphatic carbocycles. The zero-order valence-corrected chi connectivity index (χ0v) is 10.9. The Hall–Kier alpha value is -1.98. The molecule has 1 atom stereocenters. The van der Waals surface area contributed by atoms with E-state index in [1.165, 1.54) is 0 Å². The van der Waals surface area contributed by atoms with Crippen molar-refractivity contribution in [2.24, 2.45) is 5.84 Å². The van der Waals surface area contributed by atoms with E-state index < -0.39 is 0 Å². The van der Waals surface area contributed by atoms with Crippen LogP contribution in [0.5, 0.6) is 5.75 Å². The molecule has 5 nitrogen and oxygen atoms in total. The number of aryl methyl sites for hydroxylation is 1. The third-order valence-electron chi connectivity index (χ3n) is 2.99. The Morgan fingerprint density at radius 2 is 2.26 bits per heavy atom. The first-order valence-electron chi connectivity index (χ1n) is 6.18. The molecule has 5 heteroatoms. The minimum Gasteiger partial charge on any atom is -0.495 e. The summed E-state index contributed by atoms with van der Waals surface area (Å²) in [5, 5.41) is 0. The molecule has 100 valence electrons. The monoisotopic (exact) mass is 258 g/mol. The number of methoxy groups -OCH3 is 1. The molecule has 2 aromatic rings. The highest BCUT2D eigenvalue weighted by molar-refractivity contribution is 5.26. The van der Waals surface area contributed by atoms with Gasteiger partial charge in [-0.3, -0.25) is 21.2 Å². The minimum absolute atomic E-state index is 0.0320. The third-order valence-corrected chi connectivity index (χ3v) is 2.99. The van der Waals surface area contributed by atoms with Crippen LogP contribution >= 0.6 is 0 Å². The van der Waals surface area contributed by atoms with Crippen LogP contribution in [0.15, 0.2) is 42.9 Å². The van der Waals surface area contributed by atoms with Crippen LogP contribution in [0, 0.1) is 0 Å². The molecule has 0 saturated carbocycles. The lowest BCUT2D eigenvalue weighted by atomic mass is 10.0. The van der Waals surface area contributed by atoms with Crippen molar-refractivity contribution in [2.45, 2.75) is 18.9 Å². The van der Waals surface area contributed by atoms with E-state index >= 15 is 0 Å². The Labute approximate surface area is 112 Å². The zero-order valence-electron chi connectivity index (χ0n) is 10.9. The first-order valence-corrected chi connectivity index (χ1v) is 6.18. The Kier molecular flexibility index (Phi) is 4.83. The normalized spacial score (nSPS) is 12.1. The average Bonchev–Trinajstić information content (AvgIpc) is 2.49. The number of nitrogens with zero attached hydrogens (tertiary/aromatic N) is 2. The summed E-state index contributed by atoms with van der Waals surface area (Å²) < 4.78 is 5.17. The molecule has 2 rings (SSSR count). The molecule has 0 radical (unpaired) electrons. The van der Waals surface area contributed by atoms with Crippen molar-refractivity contribution in [3.8, 4) is 5.75 Å². The fraction of sp³-hybridized carbons (Fsp3) is 0.286. The molecule has 3 N–H and O–H groups in total. The summed E-state index contributed by atoms with van der Waals surface area (Å²) in [5.74, 6) is 6.35. The summed E-state index contributed by atoms with van der Waals surface area (Å²) in [6.07, 6.45) is 6.98. The van der Waals surface area contributed by atoms with Gasteiger partial charge >= 0.3 is 0 Å². The van der Waals surface area contributed by atoms with Gasteiger partial charge in [-0.1, -0.05) is 6.07 Å². The number of nitrogens with one attached hydrogen (secondary N) is 1. The van der Waals surface area contributed by atoms with Crippen molar-refractivity contribution < 1.29 is 4.74 Å². The molecule has 0 aromatic carbocycles. The Bertz CT molecular complexity index is 504. The lowest BCUT2D eigenvalue weighted by Crippen LogP contribution is -2.28. The summed E-state index contributed by atoms with van der Waals surface area (Å²) in [6.45, 7) is 0. The van der Waals surface area contributed by atoms with Crippen molar-refractivity contribution in [1.29, 1.82) is 0 Å². The van der Waals surface area contributed by atoms with Gasteiger partial charge in [-0.25, -0.2) is 0 Å². The lowest BCUT2D eigenvalue weighted by molar-refractivity contribution is 0.410. The van der Waals surface area contributed by atoms with E-state index in [4.69, 9.17) is 10.6 Å². The zero-order chi connectivity index (χ0) is 13.5. The Balaban J connectivity index is 2.03. The summed E-state index contributed by atoms with van der Waals surface area (Å²) in [6, 6.07) is 7.88. The van der Waals surface area contributed by atoms with Crippen molar-refractivity contribution in [2.75, 3.05) is 7.11 Å². The highest BCUT2D eigenvalue weighted by Gasteiger charge is 2.11. The first-order chi connectivity index (χ1) is 9.33. The number of hydrazine groups is 1. The van der Waals surface area contributed by atoms with Gasteiger partial charge in [0.1, 0.15) is 5.75 Å². The van der Waals surface area contributed by atoms with Gasteiger partial charge in [0.05, 0.1) is 13.3 Å². The highest BCUT2D eigenvalue weighted by Crippen LogP contribution is 2.20. The number of pyridine rings is 2. The second-order valence-electron chi connectivity index (χ2n) is 4.24. The summed E-state index contributed by atoms with van der Waals surface area (Å²) in [4.78, 5) is 8.45. The van der Waals surface area contributed by atoms with Gasteiger partial charge in [0.25, 0.3) is 0 Å². The number of aromatic nitrogens is 2. The van der Waals surface area contributed by atoms with E-state index in [1.54, 1.807) is 25.7 Å². The molecule has 2 heterocycles. The average molecular weight is 258 g/mol. The van der Waals surface area contributed by atoms with Crippen molar-refractivity contribution in [1.82, 2.24) is 15.4 Å². The van der Waals surface area contributed by atoms with Gasteiger partial charge in [-0.05, 0) is 36.6 Å². The number of hydrogen-bond acceptors (Lipinski definition) is 5. The molecule has 0 saturated heterocycles. The molecule has 0 aliphatic heterocycles. The van der Waals surface area contributed by atoms with E-state index in [0.717, 1.165) is 29.8 Å². The quantitative estimate of drug-likeness (QED) is 0.608. The molecular weight excluding hydrogens is 240 g/mol. The van der Waals surface area contributed by atoms with Crippen molar-refractivity contribution in [3.05, 3.63) is 54.1 Å². The second-order valence-corrected chi connectivity index (χ2v) is 4.24. The first kappa shape index (κ1) is 13.5. The van der Waals surface area contributed by atoms with Crippen LogP contribution in [0.3, 0.4) is 0 Å². The van der Waals surface area contributed by atoms with Gasteiger partial charge in [-0.15, -0.1) is 0 Å². The maximum Gasteiger partial charge on any atom is 0.137 e. The molecular formula is C14H18N4O. The molecule has 0 amide bonds. The van der Waals surface area contributed by atoms with Gasteiger partial charge in [0.2, 0.25) is 0 Å². The Morgan fingerprint density at radius 3 is 2.95 bits per heavy atom. The molecule has 19 heavy (non-hydrogen) atoms. The number of rotatable bonds is 6. The fourth-order valence-corrected chi connectivity index (χ4v) is 1.92. The molecule has 0 bridgehead atoms. The van der Waals surface area contributed by atoms with E-state index in [9.17, 15) is 0 Å². The standard InChI is InChI=1S/C14H18N4O/c1-19-13-8-11(9-16-10-13)14(18-15)6-5-12-4-2-3-7-17-12/h2-4,7-10,14,18H,5-6,15H2,1H3. The number of hydrogen-bond donors (Lipinski definition) is 2. The van der Waals surface area contributed by atoms with Crippen molar-refractivity contribution in [3.63, 3.8) is 0 Å². The molecule has 1 unspecified atom stereocenters. The largest absolute Gasteiger partial charge is 0.495 e. The molecule has 2 aromatic heterocycles. The fourth-order valence-electron chi connectivity index (χ4n) is 1.92. The van der Waals surface area contributed by atoms with E-state index in [2.05, 4.69) is 15.4 Å². The van der Waals surface area contributed by atoms with Crippen LogP contribution in [-0.2, 0) is 6.42 Å². The van der Waals surface area contributed by atoms with Gasteiger partial charge in [0, 0.05) is 24.1 Å². The van der Waals surface area contributed by atoms with Crippen LogP contribution in [0.1, 0.15) is 23.7 Å². The van der Waals surface area contributed by atoms with Crippen LogP contribution in [0.4, 0.5) is 0 Å². The molecule has 0 fully saturated rings. The summed E-state index contributed by atoms with van der Waals surface area (Å²) in [7, 11) is 1.62. The van der Waals surface area contributed by atoms with Crippen LogP contribution < -0.4 is 16.0 Å². The Morgan fingerprint density at radius 1 is 1.37 bits per heavy atom. The minimum atomic E-state index is 0.0320. The maximum absolute atomic E-state index is 5.62. The number of nitrogens with two attached hydrogens (primary N) is 1. The summed E-state index contributed by atoms with van der Waals surface area (Å²) in [5.41, 5.74) is 4.88. The predicted octanol–water partition coefficient (Wildman–Crippen LogP) is 1.62. The van der Waals surface area contributed by atoms with Gasteiger partial charge in [-0.2, -0.15) is 0 Å². The van der Waals surface area contributed by atoms with Crippen molar-refractivity contribution >= 4 is 0 Å². The van der Waals surface area contributed by atoms with Gasteiger partial charge in [0.15, 0.2) is 0 Å². The lowest BCUT2D eigenvalue weighted by Gasteiger charge is -2.16. The van der Waals surface area contributed by atoms with Crippen LogP contribution in [0.25, 0.3) is 0 Å². The van der Waals surface area contributed by atoms with Crippen LogP contribution in [0.2, 0.25) is 0 Å². The highest BCUT2D eigenvalue weighted by atomic mass is 16.5. The molecule has 0 aliphatic rings. The third kappa shape index (κ3) is 3.74. The smallest absolute Gasteiger partial charge is 0.137 e. The van der Waals surface area contributed by atoms with E-state index in [-0.39, 0.29) is 6.04 Å². The van der Waals surface area contributed by atoms with E-state index in [0.29, 0.717) is 0 Å². The second kappa shape index (κ2) is 6.82. The number of ether oxygens (including phenoxy) is 1. The predicted molar refractivity (Wildman–Crippen MR) is 73.4 cm³/mol. The van der Waals surface area contributed by atoms with Crippen LogP contribution in [-0.4, -0.2) is 17.1 Å². The van der Waals surface area contributed by atoms with E-state index in [1.807, 2.05) is 24.3 Å². The molecule has 0 spiro atoms. The topological polar surface area (TPSA) is 73.1 Å². The maximum atomic E-state index is 5.62. The van der Waals surface area contributed by atoms with Gasteiger partial charge < -0.3 is 4.74 Å².